The molecule has 27 heavy (non-hydrogen) atoms. The molecule has 1 aliphatic rings. The lowest BCUT2D eigenvalue weighted by atomic mass is 10.1. The molecule has 2 aromatic rings. The number of nitrogen functional groups attached to an aromatic ring is 1. The van der Waals surface area contributed by atoms with Crippen LogP contribution < -0.4 is 20.5 Å². The van der Waals surface area contributed by atoms with Crippen LogP contribution in [0.15, 0.2) is 24.4 Å². The normalized spacial score (nSPS) is 17.1. The van der Waals surface area contributed by atoms with E-state index in [-0.39, 0.29) is 5.95 Å². The first kappa shape index (κ1) is 19.2. The molecule has 1 saturated heterocycles. The van der Waals surface area contributed by atoms with Gasteiger partial charge in [0.1, 0.15) is 5.82 Å². The van der Waals surface area contributed by atoms with Gasteiger partial charge in [-0.15, -0.1) is 0 Å². The van der Waals surface area contributed by atoms with E-state index >= 15 is 0 Å². The standard InChI is InChI=1S/C20H29N5O2/c1-4-8-25-9-7-14(12-25)13-27-18-10-15(5-6-17(18)26-3)16-11-23-20(21)24-19(16)22-2/h5-6,10-11,14H,4,7-9,12-13H2,1-3H3,(H3,21,22,23,24). The lowest BCUT2D eigenvalue weighted by molar-refractivity contribution is 0.232. The van der Waals surface area contributed by atoms with Gasteiger partial charge in [-0.3, -0.25) is 0 Å². The molecule has 3 N–H and O–H groups in total. The van der Waals surface area contributed by atoms with Crippen LogP contribution in [0, 0.1) is 5.92 Å². The third kappa shape index (κ3) is 4.60. The number of hydrogen-bond acceptors (Lipinski definition) is 7. The molecule has 1 aromatic heterocycles. The number of likely N-dealkylation sites (tertiary alicyclic amines) is 1. The summed E-state index contributed by atoms with van der Waals surface area (Å²) in [6.07, 6.45) is 4.10. The molecule has 3 rings (SSSR count). The Bertz CT molecular complexity index is 768. The topological polar surface area (TPSA) is 85.5 Å². The van der Waals surface area contributed by atoms with Crippen molar-refractivity contribution in [1.82, 2.24) is 14.9 Å². The number of nitrogens with two attached hydrogens (primary N) is 1. The summed E-state index contributed by atoms with van der Waals surface area (Å²) in [6, 6.07) is 5.87. The van der Waals surface area contributed by atoms with Gasteiger partial charge in [0, 0.05) is 31.3 Å². The second-order valence-electron chi connectivity index (χ2n) is 6.87. The van der Waals surface area contributed by atoms with Gasteiger partial charge in [0.25, 0.3) is 0 Å². The molecule has 1 unspecified atom stereocenters. The maximum absolute atomic E-state index is 6.16. The fourth-order valence-electron chi connectivity index (χ4n) is 3.53. The second-order valence-corrected chi connectivity index (χ2v) is 6.87. The summed E-state index contributed by atoms with van der Waals surface area (Å²) in [4.78, 5) is 10.9. The third-order valence-corrected chi connectivity index (χ3v) is 4.90. The van der Waals surface area contributed by atoms with Crippen molar-refractivity contribution in [3.63, 3.8) is 0 Å². The predicted octanol–water partition coefficient (Wildman–Crippen LogP) is 2.89. The Labute approximate surface area is 160 Å². The molecule has 7 heteroatoms. The van der Waals surface area contributed by atoms with Gasteiger partial charge >= 0.3 is 0 Å². The maximum atomic E-state index is 6.16. The van der Waals surface area contributed by atoms with Crippen LogP contribution in [0.1, 0.15) is 19.8 Å². The zero-order valence-electron chi connectivity index (χ0n) is 16.4. The Balaban J connectivity index is 1.76. The van der Waals surface area contributed by atoms with Crippen LogP contribution in [0.4, 0.5) is 11.8 Å². The first-order chi connectivity index (χ1) is 13.1. The fraction of sp³-hybridized carbons (Fsp3) is 0.500. The Morgan fingerprint density at radius 2 is 2.19 bits per heavy atom. The number of anilines is 2. The molecule has 7 nitrogen and oxygen atoms in total. The summed E-state index contributed by atoms with van der Waals surface area (Å²) in [5.41, 5.74) is 7.52. The van der Waals surface area contributed by atoms with Crippen molar-refractivity contribution in [3.05, 3.63) is 24.4 Å². The highest BCUT2D eigenvalue weighted by Crippen LogP contribution is 2.35. The lowest BCUT2D eigenvalue weighted by Crippen LogP contribution is -2.23. The fourth-order valence-corrected chi connectivity index (χ4v) is 3.53. The highest BCUT2D eigenvalue weighted by molar-refractivity contribution is 5.76. The van der Waals surface area contributed by atoms with Crippen LogP contribution in [0.25, 0.3) is 11.1 Å². The average Bonchev–Trinajstić information content (AvgIpc) is 3.14. The first-order valence-electron chi connectivity index (χ1n) is 9.48. The number of hydrogen-bond donors (Lipinski definition) is 2. The molecule has 1 aromatic carbocycles. The molecule has 0 saturated carbocycles. The molecule has 0 bridgehead atoms. The molecular formula is C20H29N5O2. The quantitative estimate of drug-likeness (QED) is 0.738. The van der Waals surface area contributed by atoms with Gasteiger partial charge in [0.15, 0.2) is 11.5 Å². The summed E-state index contributed by atoms with van der Waals surface area (Å²) >= 11 is 0. The summed E-state index contributed by atoms with van der Waals surface area (Å²) in [7, 11) is 3.47. The number of ether oxygens (including phenoxy) is 2. The smallest absolute Gasteiger partial charge is 0.221 e. The Kier molecular flexibility index (Phi) is 6.34. The summed E-state index contributed by atoms with van der Waals surface area (Å²) in [5, 5.41) is 3.07. The highest BCUT2D eigenvalue weighted by atomic mass is 16.5. The number of aromatic nitrogens is 2. The molecule has 0 spiro atoms. The molecule has 1 atom stereocenters. The molecule has 146 valence electrons. The van der Waals surface area contributed by atoms with E-state index in [0.717, 1.165) is 35.7 Å². The number of methoxy groups -OCH3 is 1. The van der Waals surface area contributed by atoms with E-state index in [4.69, 9.17) is 15.2 Å². The maximum Gasteiger partial charge on any atom is 0.221 e. The molecule has 1 aliphatic heterocycles. The third-order valence-electron chi connectivity index (χ3n) is 4.90. The van der Waals surface area contributed by atoms with Crippen LogP contribution in [-0.4, -0.2) is 55.3 Å². The Hall–Kier alpha value is -2.54. The van der Waals surface area contributed by atoms with Crippen molar-refractivity contribution in [3.8, 4) is 22.6 Å². The van der Waals surface area contributed by atoms with Crippen molar-refractivity contribution >= 4 is 11.8 Å². The Morgan fingerprint density at radius 3 is 2.93 bits per heavy atom. The minimum Gasteiger partial charge on any atom is -0.493 e. The van der Waals surface area contributed by atoms with Gasteiger partial charge in [-0.2, -0.15) is 4.98 Å². The minimum absolute atomic E-state index is 0.242. The number of rotatable bonds is 8. The van der Waals surface area contributed by atoms with E-state index < -0.39 is 0 Å². The van der Waals surface area contributed by atoms with Gasteiger partial charge in [-0.1, -0.05) is 13.0 Å². The molecule has 0 radical (unpaired) electrons. The van der Waals surface area contributed by atoms with Gasteiger partial charge in [0.05, 0.1) is 13.7 Å². The summed E-state index contributed by atoms with van der Waals surface area (Å²) in [6.45, 7) is 6.34. The lowest BCUT2D eigenvalue weighted by Gasteiger charge is -2.17. The van der Waals surface area contributed by atoms with Gasteiger partial charge in [-0.25, -0.2) is 4.98 Å². The number of benzene rings is 1. The molecule has 1 fully saturated rings. The van der Waals surface area contributed by atoms with E-state index in [1.807, 2.05) is 25.2 Å². The van der Waals surface area contributed by atoms with Crippen LogP contribution in [0.3, 0.4) is 0 Å². The predicted molar refractivity (Wildman–Crippen MR) is 108 cm³/mol. The van der Waals surface area contributed by atoms with E-state index in [0.29, 0.717) is 18.3 Å². The number of nitrogens with zero attached hydrogens (tertiary/aromatic N) is 3. The van der Waals surface area contributed by atoms with Crippen LogP contribution in [-0.2, 0) is 0 Å². The first-order valence-corrected chi connectivity index (χ1v) is 9.48. The van der Waals surface area contributed by atoms with E-state index in [2.05, 4.69) is 27.1 Å². The second kappa shape index (κ2) is 8.90. The highest BCUT2D eigenvalue weighted by Gasteiger charge is 2.23. The van der Waals surface area contributed by atoms with Crippen molar-refractivity contribution < 1.29 is 9.47 Å². The van der Waals surface area contributed by atoms with Gasteiger partial charge in [0.2, 0.25) is 5.95 Å². The zero-order chi connectivity index (χ0) is 19.2. The van der Waals surface area contributed by atoms with Crippen LogP contribution in [0.2, 0.25) is 0 Å². The van der Waals surface area contributed by atoms with Gasteiger partial charge in [-0.05, 0) is 43.6 Å². The number of nitrogens with one attached hydrogen (secondary N) is 1. The van der Waals surface area contributed by atoms with Crippen LogP contribution >= 0.6 is 0 Å². The molecule has 2 heterocycles. The van der Waals surface area contributed by atoms with Crippen LogP contribution in [0.5, 0.6) is 11.5 Å². The summed E-state index contributed by atoms with van der Waals surface area (Å²) < 4.78 is 11.6. The molecular weight excluding hydrogens is 342 g/mol. The van der Waals surface area contributed by atoms with Crippen molar-refractivity contribution in [2.75, 3.05) is 51.4 Å². The van der Waals surface area contributed by atoms with Crippen molar-refractivity contribution in [1.29, 1.82) is 0 Å². The largest absolute Gasteiger partial charge is 0.493 e. The summed E-state index contributed by atoms with van der Waals surface area (Å²) in [5.74, 6) is 2.94. The van der Waals surface area contributed by atoms with E-state index in [1.165, 1.54) is 19.4 Å². The van der Waals surface area contributed by atoms with E-state index in [1.54, 1.807) is 13.3 Å². The zero-order valence-corrected chi connectivity index (χ0v) is 16.4. The Morgan fingerprint density at radius 1 is 1.33 bits per heavy atom. The van der Waals surface area contributed by atoms with Crippen molar-refractivity contribution in [2.45, 2.75) is 19.8 Å². The average molecular weight is 371 g/mol. The monoisotopic (exact) mass is 371 g/mol. The molecule has 0 aliphatic carbocycles. The van der Waals surface area contributed by atoms with Crippen molar-refractivity contribution in [2.24, 2.45) is 5.92 Å². The molecule has 0 amide bonds. The van der Waals surface area contributed by atoms with E-state index in [9.17, 15) is 0 Å². The minimum atomic E-state index is 0.242. The van der Waals surface area contributed by atoms with Gasteiger partial charge < -0.3 is 25.4 Å². The SMILES string of the molecule is CCCN1CCC(COc2cc(-c3cnc(N)nc3NC)ccc2OC)C1.